The maximum atomic E-state index is 12.4. The molecule has 2 atom stereocenters. The topological polar surface area (TPSA) is 69.6 Å². The highest BCUT2D eigenvalue weighted by Gasteiger charge is 2.17. The van der Waals surface area contributed by atoms with E-state index in [1.807, 2.05) is 6.08 Å². The van der Waals surface area contributed by atoms with Crippen LogP contribution in [0.1, 0.15) is 239 Å². The third-order valence-corrected chi connectivity index (χ3v) is 10.6. The molecular formula is C49H91NO3. The lowest BCUT2D eigenvalue weighted by atomic mass is 10.0. The number of unbranched alkanes of at least 4 members (excludes halogenated alkanes) is 29. The Morgan fingerprint density at radius 3 is 1.15 bits per heavy atom. The Labute approximate surface area is 331 Å². The summed E-state index contributed by atoms with van der Waals surface area (Å²) < 4.78 is 0. The minimum Gasteiger partial charge on any atom is -0.394 e. The molecule has 53 heavy (non-hydrogen) atoms. The van der Waals surface area contributed by atoms with Crippen molar-refractivity contribution >= 4 is 5.91 Å². The minimum atomic E-state index is -0.846. The zero-order chi connectivity index (χ0) is 38.6. The van der Waals surface area contributed by atoms with Crippen LogP contribution in [0.15, 0.2) is 48.6 Å². The molecule has 2 unspecified atom stereocenters. The Bertz CT molecular complexity index is 847. The number of carbonyl (C=O) groups excluding carboxylic acids is 1. The molecule has 4 nitrogen and oxygen atoms in total. The summed E-state index contributed by atoms with van der Waals surface area (Å²) in [4.78, 5) is 12.4. The van der Waals surface area contributed by atoms with Crippen LogP contribution in [0.4, 0.5) is 0 Å². The monoisotopic (exact) mass is 742 g/mol. The lowest BCUT2D eigenvalue weighted by Gasteiger charge is -2.20. The molecule has 0 fully saturated rings. The van der Waals surface area contributed by atoms with Gasteiger partial charge >= 0.3 is 0 Å². The largest absolute Gasteiger partial charge is 0.394 e. The van der Waals surface area contributed by atoms with Crippen LogP contribution in [-0.4, -0.2) is 34.9 Å². The molecular weight excluding hydrogens is 651 g/mol. The van der Waals surface area contributed by atoms with E-state index >= 15 is 0 Å². The molecule has 0 spiro atoms. The summed E-state index contributed by atoms with van der Waals surface area (Å²) in [5.74, 6) is -0.0759. The van der Waals surface area contributed by atoms with Gasteiger partial charge in [-0.25, -0.2) is 0 Å². The smallest absolute Gasteiger partial charge is 0.220 e. The van der Waals surface area contributed by atoms with E-state index in [0.29, 0.717) is 6.42 Å². The van der Waals surface area contributed by atoms with Crippen LogP contribution in [0.3, 0.4) is 0 Å². The number of nitrogens with one attached hydrogen (secondary N) is 1. The van der Waals surface area contributed by atoms with E-state index in [2.05, 4.69) is 55.6 Å². The van der Waals surface area contributed by atoms with E-state index in [1.165, 1.54) is 167 Å². The maximum Gasteiger partial charge on any atom is 0.220 e. The molecule has 310 valence electrons. The average molecular weight is 742 g/mol. The molecule has 0 rings (SSSR count). The number of hydrogen-bond donors (Lipinski definition) is 3. The van der Waals surface area contributed by atoms with Crippen molar-refractivity contribution in [3.63, 3.8) is 0 Å². The van der Waals surface area contributed by atoms with Gasteiger partial charge in [-0.3, -0.25) is 4.79 Å². The second-order valence-electron chi connectivity index (χ2n) is 15.8. The number of rotatable bonds is 42. The van der Waals surface area contributed by atoms with Crippen LogP contribution >= 0.6 is 0 Å². The van der Waals surface area contributed by atoms with Crippen molar-refractivity contribution in [1.82, 2.24) is 5.32 Å². The SMILES string of the molecule is CCCCCCC/C=C\C/C=C\C/C=C\CCCCCCCCC(=O)NC(CO)C(O)/C=C/CCCCCCCCCCCCCCCCCCCC. The van der Waals surface area contributed by atoms with Gasteiger partial charge in [0.1, 0.15) is 0 Å². The van der Waals surface area contributed by atoms with E-state index in [4.69, 9.17) is 0 Å². The quantitative estimate of drug-likeness (QED) is 0.0431. The van der Waals surface area contributed by atoms with Gasteiger partial charge in [-0.2, -0.15) is 0 Å². The van der Waals surface area contributed by atoms with Crippen LogP contribution < -0.4 is 5.32 Å². The summed E-state index contributed by atoms with van der Waals surface area (Å²) in [6, 6.07) is -0.630. The Hall–Kier alpha value is -1.65. The number of amides is 1. The number of carbonyl (C=O) groups is 1. The second kappa shape index (κ2) is 44.7. The first-order valence-electron chi connectivity index (χ1n) is 23.4. The van der Waals surface area contributed by atoms with Crippen molar-refractivity contribution in [2.75, 3.05) is 6.61 Å². The Morgan fingerprint density at radius 2 is 0.774 bits per heavy atom. The van der Waals surface area contributed by atoms with Gasteiger partial charge in [0.05, 0.1) is 18.8 Å². The van der Waals surface area contributed by atoms with Crippen molar-refractivity contribution in [3.05, 3.63) is 48.6 Å². The average Bonchev–Trinajstić information content (AvgIpc) is 3.16. The summed E-state index contributed by atoms with van der Waals surface area (Å²) in [6.45, 7) is 4.30. The lowest BCUT2D eigenvalue weighted by Crippen LogP contribution is -2.45. The highest BCUT2D eigenvalue weighted by molar-refractivity contribution is 5.76. The van der Waals surface area contributed by atoms with Crippen LogP contribution in [0.25, 0.3) is 0 Å². The van der Waals surface area contributed by atoms with Crippen LogP contribution in [0.2, 0.25) is 0 Å². The molecule has 0 aromatic carbocycles. The fourth-order valence-electron chi connectivity index (χ4n) is 6.95. The molecule has 0 aliphatic carbocycles. The summed E-state index contributed by atoms with van der Waals surface area (Å²) in [7, 11) is 0. The van der Waals surface area contributed by atoms with Gasteiger partial charge in [-0.05, 0) is 57.8 Å². The number of hydrogen-bond acceptors (Lipinski definition) is 3. The molecule has 0 aromatic heterocycles. The first kappa shape index (κ1) is 51.4. The van der Waals surface area contributed by atoms with Crippen LogP contribution in [0.5, 0.6) is 0 Å². The summed E-state index contributed by atoms with van der Waals surface area (Å²) in [5.41, 5.74) is 0. The van der Waals surface area contributed by atoms with Gasteiger partial charge in [0.15, 0.2) is 0 Å². The van der Waals surface area contributed by atoms with Gasteiger partial charge in [-0.15, -0.1) is 0 Å². The molecule has 0 saturated carbocycles. The highest BCUT2D eigenvalue weighted by Crippen LogP contribution is 2.15. The predicted octanol–water partition coefficient (Wildman–Crippen LogP) is 14.7. The standard InChI is InChI=1S/C49H91NO3/c1-3-5-7-9-11-13-15-17-19-21-23-25-27-29-31-33-35-37-39-41-43-45-49(53)50-47(46-51)48(52)44-42-40-38-36-34-32-30-28-26-24-22-20-18-16-14-12-10-8-6-4-2/h15,17,21,23,27,29,42,44,47-48,51-52H,3-14,16,18-20,22,24-26,28,30-41,43,45-46H2,1-2H3,(H,50,53)/b17-15-,23-21-,29-27-,44-42+. The van der Waals surface area contributed by atoms with E-state index in [1.54, 1.807) is 6.08 Å². The number of allylic oxidation sites excluding steroid dienone is 7. The van der Waals surface area contributed by atoms with Gasteiger partial charge < -0.3 is 15.5 Å². The van der Waals surface area contributed by atoms with E-state index in [0.717, 1.165) is 51.4 Å². The molecule has 3 N–H and O–H groups in total. The number of aliphatic hydroxyl groups excluding tert-OH is 2. The highest BCUT2D eigenvalue weighted by atomic mass is 16.3. The fourth-order valence-corrected chi connectivity index (χ4v) is 6.95. The first-order chi connectivity index (χ1) is 26.2. The second-order valence-corrected chi connectivity index (χ2v) is 15.8. The molecule has 0 saturated heterocycles. The molecule has 0 radical (unpaired) electrons. The van der Waals surface area contributed by atoms with Gasteiger partial charge in [0.25, 0.3) is 0 Å². The Morgan fingerprint density at radius 1 is 0.453 bits per heavy atom. The van der Waals surface area contributed by atoms with Crippen molar-refractivity contribution < 1.29 is 15.0 Å². The summed E-state index contributed by atoms with van der Waals surface area (Å²) in [6.07, 6.45) is 60.8. The van der Waals surface area contributed by atoms with Crippen molar-refractivity contribution in [1.29, 1.82) is 0 Å². The van der Waals surface area contributed by atoms with Crippen LogP contribution in [0, 0.1) is 0 Å². The van der Waals surface area contributed by atoms with E-state index in [9.17, 15) is 15.0 Å². The summed E-state index contributed by atoms with van der Waals surface area (Å²) in [5, 5.41) is 23.1. The molecule has 0 bridgehead atoms. The van der Waals surface area contributed by atoms with Gasteiger partial charge in [0.2, 0.25) is 5.91 Å². The van der Waals surface area contributed by atoms with E-state index < -0.39 is 12.1 Å². The Kier molecular flexibility index (Phi) is 43.4. The molecule has 0 aromatic rings. The van der Waals surface area contributed by atoms with E-state index in [-0.39, 0.29) is 12.5 Å². The fraction of sp³-hybridized carbons (Fsp3) is 0.816. The summed E-state index contributed by atoms with van der Waals surface area (Å²) >= 11 is 0. The lowest BCUT2D eigenvalue weighted by molar-refractivity contribution is -0.123. The third kappa shape index (κ3) is 41.4. The predicted molar refractivity (Wildman–Crippen MR) is 235 cm³/mol. The molecule has 1 amide bonds. The maximum absolute atomic E-state index is 12.4. The van der Waals surface area contributed by atoms with Crippen molar-refractivity contribution in [2.24, 2.45) is 0 Å². The molecule has 4 heteroatoms. The van der Waals surface area contributed by atoms with Crippen molar-refractivity contribution in [2.45, 2.75) is 251 Å². The molecule has 0 aliphatic rings. The zero-order valence-electron chi connectivity index (χ0n) is 35.5. The van der Waals surface area contributed by atoms with Crippen LogP contribution in [-0.2, 0) is 4.79 Å². The molecule has 0 aliphatic heterocycles. The minimum absolute atomic E-state index is 0.0759. The first-order valence-corrected chi connectivity index (χ1v) is 23.4. The normalized spacial score (nSPS) is 13.4. The van der Waals surface area contributed by atoms with Gasteiger partial charge in [0, 0.05) is 6.42 Å². The van der Waals surface area contributed by atoms with Crippen molar-refractivity contribution in [3.8, 4) is 0 Å². The molecule has 0 heterocycles. The Balaban J connectivity index is 3.60. The third-order valence-electron chi connectivity index (χ3n) is 10.6. The zero-order valence-corrected chi connectivity index (χ0v) is 35.5. The van der Waals surface area contributed by atoms with Gasteiger partial charge in [-0.1, -0.05) is 223 Å². The number of aliphatic hydroxyl groups is 2.